The van der Waals surface area contributed by atoms with Crippen molar-refractivity contribution in [2.24, 2.45) is 0 Å². The van der Waals surface area contributed by atoms with E-state index in [2.05, 4.69) is 18.8 Å². The highest BCUT2D eigenvalue weighted by molar-refractivity contribution is 6.21. The molecule has 1 aliphatic rings. The molecule has 9 heavy (non-hydrogen) atoms. The molecule has 0 N–H and O–H groups in total. The molecule has 0 fully saturated rings. The van der Waals surface area contributed by atoms with Crippen molar-refractivity contribution in [1.82, 2.24) is 4.90 Å². The van der Waals surface area contributed by atoms with E-state index in [4.69, 9.17) is 0 Å². The third-order valence-corrected chi connectivity index (χ3v) is 1.43. The molecule has 1 nitrogen and oxygen atoms in total. The molecule has 0 aromatic heterocycles. The highest BCUT2D eigenvalue weighted by Gasteiger charge is 1.91. The lowest BCUT2D eigenvalue weighted by Gasteiger charge is -2.12. The maximum atomic E-state index is 2.08. The van der Waals surface area contributed by atoms with Crippen LogP contribution in [-0.2, 0) is 0 Å². The molecule has 46 valence electrons. The zero-order valence-electron chi connectivity index (χ0n) is 5.83. The molecule has 0 aromatic carbocycles. The van der Waals surface area contributed by atoms with E-state index in [0.29, 0.717) is 0 Å². The van der Waals surface area contributed by atoms with Gasteiger partial charge in [-0.3, -0.25) is 0 Å². The van der Waals surface area contributed by atoms with Crippen LogP contribution < -0.4 is 0 Å². The normalized spacial score (nSPS) is 17.4. The Morgan fingerprint density at radius 3 is 2.89 bits per heavy atom. The van der Waals surface area contributed by atoms with Crippen molar-refractivity contribution in [3.05, 3.63) is 36.1 Å². The average molecular weight is 119 g/mol. The molecule has 1 aliphatic heterocycles. The largest absolute Gasteiger partial charge is 0.364 e. The van der Waals surface area contributed by atoms with Gasteiger partial charge < -0.3 is 4.90 Å². The third kappa shape index (κ3) is 1.49. The average Bonchev–Trinajstić information content (AvgIpc) is 1.99. The first-order chi connectivity index (χ1) is 4.30. The van der Waals surface area contributed by atoms with Crippen molar-refractivity contribution < 1.29 is 0 Å². The van der Waals surface area contributed by atoms with Crippen molar-refractivity contribution in [2.75, 3.05) is 7.05 Å². The van der Waals surface area contributed by atoms with E-state index in [1.54, 1.807) is 0 Å². The van der Waals surface area contributed by atoms with Crippen LogP contribution >= 0.6 is 0 Å². The molecule has 0 unspecified atom stereocenters. The van der Waals surface area contributed by atoms with Gasteiger partial charge in [-0.15, -0.1) is 0 Å². The number of hydrogen-bond acceptors (Lipinski definition) is 1. The summed E-state index contributed by atoms with van der Waals surface area (Å²) in [5.74, 6) is 0. The Morgan fingerprint density at radius 1 is 1.33 bits per heavy atom. The zero-order chi connectivity index (χ0) is 6.69. The Bertz CT molecular complexity index is 179. The summed E-state index contributed by atoms with van der Waals surface area (Å²) in [4.78, 5) is 2.08. The van der Waals surface area contributed by atoms with Crippen molar-refractivity contribution in [1.29, 1.82) is 0 Å². The standard InChI is InChI=1S/C7H10BN/c1-9-6-4-2-3-5-7(9)8/h2-6H,8H2,1H3. The van der Waals surface area contributed by atoms with E-state index in [1.807, 2.05) is 31.5 Å². The first-order valence-electron chi connectivity index (χ1n) is 3.05. The van der Waals surface area contributed by atoms with Gasteiger partial charge in [-0.1, -0.05) is 18.2 Å². The van der Waals surface area contributed by atoms with Gasteiger partial charge in [-0.2, -0.15) is 0 Å². The minimum atomic E-state index is 1.26. The van der Waals surface area contributed by atoms with Gasteiger partial charge in [0.2, 0.25) is 0 Å². The Kier molecular flexibility index (Phi) is 1.78. The molecular formula is C7H10BN. The van der Waals surface area contributed by atoms with Gasteiger partial charge in [-0.05, 0) is 11.7 Å². The van der Waals surface area contributed by atoms with Crippen LogP contribution in [-0.4, -0.2) is 19.8 Å². The molecule has 1 rings (SSSR count). The monoisotopic (exact) mass is 119 g/mol. The molecule has 0 saturated carbocycles. The second-order valence-electron chi connectivity index (χ2n) is 2.15. The van der Waals surface area contributed by atoms with Crippen LogP contribution in [0.5, 0.6) is 0 Å². The van der Waals surface area contributed by atoms with Gasteiger partial charge in [0.05, 0.1) is 0 Å². The van der Waals surface area contributed by atoms with Crippen LogP contribution in [0.4, 0.5) is 0 Å². The lowest BCUT2D eigenvalue weighted by atomic mass is 10.0. The molecular weight excluding hydrogens is 109 g/mol. The van der Waals surface area contributed by atoms with E-state index < -0.39 is 0 Å². The zero-order valence-corrected chi connectivity index (χ0v) is 5.83. The summed E-state index contributed by atoms with van der Waals surface area (Å²) in [5, 5.41) is 0. The van der Waals surface area contributed by atoms with E-state index >= 15 is 0 Å². The Morgan fingerprint density at radius 2 is 2.11 bits per heavy atom. The van der Waals surface area contributed by atoms with E-state index in [0.717, 1.165) is 0 Å². The maximum absolute atomic E-state index is 2.08. The lowest BCUT2D eigenvalue weighted by molar-refractivity contribution is 0.609. The highest BCUT2D eigenvalue weighted by Crippen LogP contribution is 2.00. The quantitative estimate of drug-likeness (QED) is 0.419. The second-order valence-corrected chi connectivity index (χ2v) is 2.15. The van der Waals surface area contributed by atoms with Gasteiger partial charge in [0.15, 0.2) is 7.85 Å². The van der Waals surface area contributed by atoms with E-state index in [9.17, 15) is 0 Å². The van der Waals surface area contributed by atoms with E-state index in [1.165, 1.54) is 5.60 Å². The van der Waals surface area contributed by atoms with Crippen LogP contribution in [0.25, 0.3) is 0 Å². The second kappa shape index (κ2) is 2.58. The summed E-state index contributed by atoms with van der Waals surface area (Å²) in [6, 6.07) is 0. The summed E-state index contributed by atoms with van der Waals surface area (Å²) >= 11 is 0. The van der Waals surface area contributed by atoms with Crippen molar-refractivity contribution in [3.63, 3.8) is 0 Å². The SMILES string of the molecule is BC1=CC=CC=CN1C. The third-order valence-electron chi connectivity index (χ3n) is 1.43. The van der Waals surface area contributed by atoms with Gasteiger partial charge in [0.1, 0.15) is 0 Å². The Labute approximate surface area is 56.8 Å². The summed E-state index contributed by atoms with van der Waals surface area (Å²) in [7, 11) is 4.12. The van der Waals surface area contributed by atoms with Crippen molar-refractivity contribution in [2.45, 2.75) is 0 Å². The number of rotatable bonds is 0. The number of nitrogens with zero attached hydrogens (tertiary/aromatic N) is 1. The molecule has 0 spiro atoms. The summed E-state index contributed by atoms with van der Waals surface area (Å²) in [6.45, 7) is 0. The molecule has 0 aliphatic carbocycles. The first kappa shape index (κ1) is 6.21. The molecule has 0 radical (unpaired) electrons. The van der Waals surface area contributed by atoms with Gasteiger partial charge in [0.25, 0.3) is 0 Å². The predicted molar refractivity (Wildman–Crippen MR) is 42.7 cm³/mol. The minimum absolute atomic E-state index is 1.26. The fraction of sp³-hybridized carbons (Fsp3) is 0.143. The smallest absolute Gasteiger partial charge is 0.161 e. The van der Waals surface area contributed by atoms with E-state index in [-0.39, 0.29) is 0 Å². The van der Waals surface area contributed by atoms with Gasteiger partial charge >= 0.3 is 0 Å². The highest BCUT2D eigenvalue weighted by atomic mass is 15.1. The molecule has 2 heteroatoms. The first-order valence-corrected chi connectivity index (χ1v) is 3.05. The van der Waals surface area contributed by atoms with Crippen LogP contribution in [0.3, 0.4) is 0 Å². The molecule has 0 atom stereocenters. The summed E-state index contributed by atoms with van der Waals surface area (Å²) in [5.41, 5.74) is 1.26. The minimum Gasteiger partial charge on any atom is -0.364 e. The van der Waals surface area contributed by atoms with Gasteiger partial charge in [-0.25, -0.2) is 0 Å². The van der Waals surface area contributed by atoms with Crippen molar-refractivity contribution >= 4 is 7.85 Å². The fourth-order valence-corrected chi connectivity index (χ4v) is 0.673. The molecule has 1 heterocycles. The van der Waals surface area contributed by atoms with Crippen molar-refractivity contribution in [3.8, 4) is 0 Å². The summed E-state index contributed by atoms with van der Waals surface area (Å²) < 4.78 is 0. The molecule has 0 aromatic rings. The van der Waals surface area contributed by atoms with Crippen LogP contribution in [0, 0.1) is 0 Å². The molecule has 0 amide bonds. The lowest BCUT2D eigenvalue weighted by Crippen LogP contribution is -2.08. The molecule has 0 saturated heterocycles. The van der Waals surface area contributed by atoms with Crippen LogP contribution in [0.1, 0.15) is 0 Å². The summed E-state index contributed by atoms with van der Waals surface area (Å²) in [6.07, 6.45) is 10.2. The Hall–Kier alpha value is -0.915. The topological polar surface area (TPSA) is 3.24 Å². The van der Waals surface area contributed by atoms with Gasteiger partial charge in [0, 0.05) is 13.2 Å². The van der Waals surface area contributed by atoms with Crippen LogP contribution in [0.2, 0.25) is 0 Å². The number of hydrogen-bond donors (Lipinski definition) is 0. The number of allylic oxidation sites excluding steroid dienone is 4. The maximum Gasteiger partial charge on any atom is 0.161 e. The predicted octanol–water partition coefficient (Wildman–Crippen LogP) is 0.476. The van der Waals surface area contributed by atoms with Crippen LogP contribution in [0.15, 0.2) is 36.1 Å². The Balaban J connectivity index is 2.80. The molecule has 0 bridgehead atoms. The fourth-order valence-electron chi connectivity index (χ4n) is 0.673.